The zero-order valence-corrected chi connectivity index (χ0v) is 9.03. The van der Waals surface area contributed by atoms with Crippen molar-refractivity contribution in [3.8, 4) is 0 Å². The van der Waals surface area contributed by atoms with E-state index < -0.39 is 0 Å². The summed E-state index contributed by atoms with van der Waals surface area (Å²) in [6.07, 6.45) is 6.74. The first kappa shape index (κ1) is 9.71. The van der Waals surface area contributed by atoms with Crippen molar-refractivity contribution < 1.29 is 0 Å². The van der Waals surface area contributed by atoms with Crippen molar-refractivity contribution in [2.45, 2.75) is 39.3 Å². The average Bonchev–Trinajstić information content (AvgIpc) is 2.85. The Bertz CT molecular complexity index is 292. The highest BCUT2D eigenvalue weighted by atomic mass is 15.3. The molecule has 0 spiro atoms. The first-order valence-electron chi connectivity index (χ1n) is 5.60. The van der Waals surface area contributed by atoms with Crippen LogP contribution >= 0.6 is 0 Å². The molecular formula is C11H19N3. The summed E-state index contributed by atoms with van der Waals surface area (Å²) in [6.45, 7) is 6.51. The molecule has 2 heterocycles. The van der Waals surface area contributed by atoms with Crippen LogP contribution in [0.25, 0.3) is 0 Å². The predicted octanol–water partition coefficient (Wildman–Crippen LogP) is 1.96. The fourth-order valence-electron chi connectivity index (χ4n) is 2.30. The fourth-order valence-corrected chi connectivity index (χ4v) is 2.30. The van der Waals surface area contributed by atoms with E-state index in [4.69, 9.17) is 0 Å². The summed E-state index contributed by atoms with van der Waals surface area (Å²) in [7, 11) is 0. The first-order valence-corrected chi connectivity index (χ1v) is 5.60. The van der Waals surface area contributed by atoms with Crippen LogP contribution in [0, 0.1) is 5.92 Å². The van der Waals surface area contributed by atoms with Crippen molar-refractivity contribution in [2.75, 3.05) is 6.54 Å². The third-order valence-corrected chi connectivity index (χ3v) is 3.21. The minimum atomic E-state index is 0.542. The van der Waals surface area contributed by atoms with Gasteiger partial charge < -0.3 is 5.32 Å². The lowest BCUT2D eigenvalue weighted by atomic mass is 9.94. The van der Waals surface area contributed by atoms with Crippen LogP contribution in [0.15, 0.2) is 12.4 Å². The van der Waals surface area contributed by atoms with E-state index in [2.05, 4.69) is 30.5 Å². The second-order valence-corrected chi connectivity index (χ2v) is 4.02. The highest BCUT2D eigenvalue weighted by Crippen LogP contribution is 2.31. The normalized spacial score (nSPS) is 27.0. The van der Waals surface area contributed by atoms with Gasteiger partial charge >= 0.3 is 0 Å². The largest absolute Gasteiger partial charge is 0.310 e. The molecule has 0 aromatic carbocycles. The topological polar surface area (TPSA) is 29.9 Å². The van der Waals surface area contributed by atoms with Crippen LogP contribution < -0.4 is 5.32 Å². The van der Waals surface area contributed by atoms with Gasteiger partial charge in [0.05, 0.1) is 6.20 Å². The molecule has 1 fully saturated rings. The lowest BCUT2D eigenvalue weighted by molar-refractivity contribution is 0.449. The number of hydrogen-bond donors (Lipinski definition) is 1. The smallest absolute Gasteiger partial charge is 0.0537 e. The highest BCUT2D eigenvalue weighted by molar-refractivity contribution is 5.13. The number of rotatable bonds is 3. The van der Waals surface area contributed by atoms with Gasteiger partial charge in [-0.15, -0.1) is 0 Å². The van der Waals surface area contributed by atoms with E-state index in [0.29, 0.717) is 6.04 Å². The third-order valence-electron chi connectivity index (χ3n) is 3.21. The van der Waals surface area contributed by atoms with Gasteiger partial charge in [0.2, 0.25) is 0 Å². The lowest BCUT2D eigenvalue weighted by Crippen LogP contribution is -2.16. The standard InChI is InChI=1S/C11H19N3/c1-3-9-5-6-12-11(9)10-7-13-14(4-2)8-10/h7-9,11-12H,3-6H2,1-2H3. The molecule has 1 saturated heterocycles. The van der Waals surface area contributed by atoms with Gasteiger partial charge in [-0.2, -0.15) is 5.10 Å². The van der Waals surface area contributed by atoms with Crippen molar-refractivity contribution in [3.05, 3.63) is 18.0 Å². The van der Waals surface area contributed by atoms with Crippen LogP contribution in [0.2, 0.25) is 0 Å². The quantitative estimate of drug-likeness (QED) is 0.795. The van der Waals surface area contributed by atoms with Crippen molar-refractivity contribution in [2.24, 2.45) is 5.92 Å². The Balaban J connectivity index is 2.13. The van der Waals surface area contributed by atoms with E-state index in [1.807, 2.05) is 10.9 Å². The van der Waals surface area contributed by atoms with Crippen molar-refractivity contribution in [1.82, 2.24) is 15.1 Å². The Morgan fingerprint density at radius 3 is 3.07 bits per heavy atom. The van der Waals surface area contributed by atoms with E-state index in [1.165, 1.54) is 18.4 Å². The molecule has 0 bridgehead atoms. The van der Waals surface area contributed by atoms with Gasteiger partial charge in [-0.05, 0) is 25.8 Å². The van der Waals surface area contributed by atoms with Crippen LogP contribution in [0.5, 0.6) is 0 Å². The van der Waals surface area contributed by atoms with Crippen LogP contribution in [-0.4, -0.2) is 16.3 Å². The Kier molecular flexibility index (Phi) is 2.87. The predicted molar refractivity (Wildman–Crippen MR) is 57.0 cm³/mol. The Labute approximate surface area is 85.5 Å². The third kappa shape index (κ3) is 1.69. The molecule has 14 heavy (non-hydrogen) atoms. The molecule has 0 amide bonds. The monoisotopic (exact) mass is 193 g/mol. The minimum Gasteiger partial charge on any atom is -0.310 e. The summed E-state index contributed by atoms with van der Waals surface area (Å²) in [5.41, 5.74) is 1.36. The van der Waals surface area contributed by atoms with E-state index >= 15 is 0 Å². The molecule has 0 radical (unpaired) electrons. The molecule has 78 valence electrons. The number of aromatic nitrogens is 2. The summed E-state index contributed by atoms with van der Waals surface area (Å²) < 4.78 is 2.00. The molecule has 3 heteroatoms. The maximum atomic E-state index is 4.32. The maximum Gasteiger partial charge on any atom is 0.0537 e. The lowest BCUT2D eigenvalue weighted by Gasteiger charge is -2.15. The average molecular weight is 193 g/mol. The van der Waals surface area contributed by atoms with E-state index in [9.17, 15) is 0 Å². The number of hydrogen-bond acceptors (Lipinski definition) is 2. The summed E-state index contributed by atoms with van der Waals surface area (Å²) in [4.78, 5) is 0. The molecule has 2 rings (SSSR count). The highest BCUT2D eigenvalue weighted by Gasteiger charge is 2.27. The van der Waals surface area contributed by atoms with Crippen LogP contribution in [-0.2, 0) is 6.54 Å². The van der Waals surface area contributed by atoms with Gasteiger partial charge in [0.15, 0.2) is 0 Å². The van der Waals surface area contributed by atoms with Gasteiger partial charge in [-0.25, -0.2) is 0 Å². The molecule has 1 aliphatic heterocycles. The fraction of sp³-hybridized carbons (Fsp3) is 0.727. The summed E-state index contributed by atoms with van der Waals surface area (Å²) in [5, 5.41) is 7.88. The van der Waals surface area contributed by atoms with Crippen molar-refractivity contribution >= 4 is 0 Å². The molecular weight excluding hydrogens is 174 g/mol. The maximum absolute atomic E-state index is 4.32. The number of nitrogens with zero attached hydrogens (tertiary/aromatic N) is 2. The number of aryl methyl sites for hydroxylation is 1. The van der Waals surface area contributed by atoms with Crippen LogP contribution in [0.1, 0.15) is 38.3 Å². The molecule has 2 atom stereocenters. The summed E-state index contributed by atoms with van der Waals surface area (Å²) in [5.74, 6) is 0.796. The van der Waals surface area contributed by atoms with Crippen molar-refractivity contribution in [3.63, 3.8) is 0 Å². The van der Waals surface area contributed by atoms with Gasteiger partial charge in [-0.1, -0.05) is 13.3 Å². The van der Waals surface area contributed by atoms with Gasteiger partial charge in [0.25, 0.3) is 0 Å². The van der Waals surface area contributed by atoms with E-state index in [-0.39, 0.29) is 0 Å². The molecule has 1 N–H and O–H groups in total. The van der Waals surface area contributed by atoms with Crippen molar-refractivity contribution in [1.29, 1.82) is 0 Å². The molecule has 1 aromatic heterocycles. The Morgan fingerprint density at radius 2 is 2.43 bits per heavy atom. The van der Waals surface area contributed by atoms with Gasteiger partial charge in [0, 0.05) is 24.3 Å². The Hall–Kier alpha value is -0.830. The minimum absolute atomic E-state index is 0.542. The second kappa shape index (κ2) is 4.13. The van der Waals surface area contributed by atoms with Gasteiger partial charge in [-0.3, -0.25) is 4.68 Å². The van der Waals surface area contributed by atoms with Crippen LogP contribution in [0.4, 0.5) is 0 Å². The zero-order chi connectivity index (χ0) is 9.97. The van der Waals surface area contributed by atoms with E-state index in [0.717, 1.165) is 19.0 Å². The molecule has 0 saturated carbocycles. The first-order chi connectivity index (χ1) is 6.85. The van der Waals surface area contributed by atoms with Crippen LogP contribution in [0.3, 0.4) is 0 Å². The molecule has 1 aromatic rings. The van der Waals surface area contributed by atoms with E-state index in [1.54, 1.807) is 0 Å². The zero-order valence-electron chi connectivity index (χ0n) is 9.03. The molecule has 0 aliphatic carbocycles. The summed E-state index contributed by atoms with van der Waals surface area (Å²) in [6, 6.07) is 0.542. The van der Waals surface area contributed by atoms with Gasteiger partial charge in [0.1, 0.15) is 0 Å². The SMILES string of the molecule is CCC1CCNC1c1cnn(CC)c1. The molecule has 1 aliphatic rings. The summed E-state index contributed by atoms with van der Waals surface area (Å²) >= 11 is 0. The Morgan fingerprint density at radius 1 is 1.57 bits per heavy atom. The number of nitrogens with one attached hydrogen (secondary N) is 1. The molecule has 2 unspecified atom stereocenters. The second-order valence-electron chi connectivity index (χ2n) is 4.02. The molecule has 3 nitrogen and oxygen atoms in total.